The minimum atomic E-state index is -0.602. The first-order valence-electron chi connectivity index (χ1n) is 5.32. The molecule has 2 rings (SSSR count). The van der Waals surface area contributed by atoms with Crippen LogP contribution < -0.4 is 11.1 Å². The average molecular weight is 248 g/mol. The number of rotatable bonds is 3. The van der Waals surface area contributed by atoms with Crippen LogP contribution in [0.5, 0.6) is 0 Å². The Hall–Kier alpha value is -2.44. The van der Waals surface area contributed by atoms with Crippen LogP contribution in [0.1, 0.15) is 16.8 Å². The van der Waals surface area contributed by atoms with Gasteiger partial charge in [-0.3, -0.25) is 19.3 Å². The first-order valence-corrected chi connectivity index (χ1v) is 5.32. The van der Waals surface area contributed by atoms with Crippen molar-refractivity contribution in [3.05, 3.63) is 23.9 Å². The van der Waals surface area contributed by atoms with Gasteiger partial charge in [-0.25, -0.2) is 4.98 Å². The van der Waals surface area contributed by atoms with E-state index >= 15 is 0 Å². The van der Waals surface area contributed by atoms with Gasteiger partial charge in [-0.1, -0.05) is 0 Å². The molecule has 3 amide bonds. The number of likely N-dealkylation sites (tertiary alicyclic amines) is 1. The highest BCUT2D eigenvalue weighted by Gasteiger charge is 2.36. The van der Waals surface area contributed by atoms with Crippen LogP contribution in [0.3, 0.4) is 0 Å². The third-order valence-corrected chi connectivity index (χ3v) is 2.75. The van der Waals surface area contributed by atoms with Crippen molar-refractivity contribution in [2.75, 3.05) is 12.4 Å². The number of nitrogens with two attached hydrogens (primary N) is 1. The van der Waals surface area contributed by atoms with E-state index in [1.165, 1.54) is 25.4 Å². The minimum Gasteiger partial charge on any atom is -0.366 e. The van der Waals surface area contributed by atoms with Crippen LogP contribution >= 0.6 is 0 Å². The van der Waals surface area contributed by atoms with Gasteiger partial charge in [-0.15, -0.1) is 0 Å². The molecule has 0 spiro atoms. The van der Waals surface area contributed by atoms with Gasteiger partial charge in [0.15, 0.2) is 0 Å². The largest absolute Gasteiger partial charge is 0.366 e. The molecule has 18 heavy (non-hydrogen) atoms. The molecule has 1 fully saturated rings. The van der Waals surface area contributed by atoms with Crippen molar-refractivity contribution in [2.24, 2.45) is 5.73 Å². The summed E-state index contributed by atoms with van der Waals surface area (Å²) in [7, 11) is 1.44. The number of carbonyl (C=O) groups is 3. The Morgan fingerprint density at radius 2 is 2.22 bits per heavy atom. The summed E-state index contributed by atoms with van der Waals surface area (Å²) in [6, 6.07) is 2.44. The number of hydrogen-bond donors (Lipinski definition) is 2. The van der Waals surface area contributed by atoms with Gasteiger partial charge in [-0.05, 0) is 12.1 Å². The summed E-state index contributed by atoms with van der Waals surface area (Å²) >= 11 is 0. The molecule has 0 bridgehead atoms. The van der Waals surface area contributed by atoms with Crippen LogP contribution in [-0.2, 0) is 9.59 Å². The standard InChI is InChI=1S/C11H12N4O3/c1-15-9(16)4-7(11(15)18)14-8-3-2-6(5-13-8)10(12)17/h2-3,5,7H,4H2,1H3,(H2,12,17)(H,13,14). The molecule has 7 nitrogen and oxygen atoms in total. The summed E-state index contributed by atoms with van der Waals surface area (Å²) in [5.74, 6) is -0.672. The summed E-state index contributed by atoms with van der Waals surface area (Å²) in [6.07, 6.45) is 1.42. The summed E-state index contributed by atoms with van der Waals surface area (Å²) in [6.45, 7) is 0. The van der Waals surface area contributed by atoms with Crippen molar-refractivity contribution in [1.29, 1.82) is 0 Å². The number of aromatic nitrogens is 1. The zero-order valence-electron chi connectivity index (χ0n) is 9.71. The van der Waals surface area contributed by atoms with Gasteiger partial charge in [0, 0.05) is 13.2 Å². The van der Waals surface area contributed by atoms with Gasteiger partial charge in [0.2, 0.25) is 11.8 Å². The lowest BCUT2D eigenvalue weighted by molar-refractivity contribution is -0.136. The third kappa shape index (κ3) is 2.15. The first kappa shape index (κ1) is 12.0. The van der Waals surface area contributed by atoms with E-state index in [4.69, 9.17) is 5.73 Å². The van der Waals surface area contributed by atoms with Crippen LogP contribution in [0.4, 0.5) is 5.82 Å². The van der Waals surface area contributed by atoms with Crippen molar-refractivity contribution in [2.45, 2.75) is 12.5 Å². The zero-order valence-corrected chi connectivity index (χ0v) is 9.71. The van der Waals surface area contributed by atoms with Gasteiger partial charge in [0.1, 0.15) is 11.9 Å². The topological polar surface area (TPSA) is 105 Å². The predicted octanol–water partition coefficient (Wildman–Crippen LogP) is -0.650. The molecule has 7 heteroatoms. The lowest BCUT2D eigenvalue weighted by atomic mass is 10.2. The molecule has 1 unspecified atom stereocenters. The Bertz CT molecular complexity index is 512. The number of carbonyl (C=O) groups excluding carboxylic acids is 3. The summed E-state index contributed by atoms with van der Waals surface area (Å²) in [5, 5.41) is 2.84. The molecular weight excluding hydrogens is 236 g/mol. The van der Waals surface area contributed by atoms with E-state index in [1.807, 2.05) is 0 Å². The van der Waals surface area contributed by atoms with Gasteiger partial charge >= 0.3 is 0 Å². The lowest BCUT2D eigenvalue weighted by Gasteiger charge is -2.11. The van der Waals surface area contributed by atoms with Crippen LogP contribution in [-0.4, -0.2) is 40.7 Å². The molecule has 0 aromatic carbocycles. The maximum Gasteiger partial charge on any atom is 0.251 e. The molecule has 3 N–H and O–H groups in total. The number of primary amides is 1. The molecule has 1 saturated heterocycles. The van der Waals surface area contributed by atoms with Gasteiger partial charge < -0.3 is 11.1 Å². The van der Waals surface area contributed by atoms with E-state index in [-0.39, 0.29) is 23.8 Å². The molecule has 1 atom stereocenters. The van der Waals surface area contributed by atoms with Crippen molar-refractivity contribution in [3.8, 4) is 0 Å². The van der Waals surface area contributed by atoms with Gasteiger partial charge in [0.25, 0.3) is 5.91 Å². The van der Waals surface area contributed by atoms with E-state index in [9.17, 15) is 14.4 Å². The van der Waals surface area contributed by atoms with E-state index in [0.717, 1.165) is 4.90 Å². The van der Waals surface area contributed by atoms with Gasteiger partial charge in [-0.2, -0.15) is 0 Å². The quantitative estimate of drug-likeness (QED) is 0.691. The fourth-order valence-electron chi connectivity index (χ4n) is 1.67. The number of imide groups is 1. The Labute approximate surface area is 103 Å². The number of nitrogens with zero attached hydrogens (tertiary/aromatic N) is 2. The molecule has 1 aromatic heterocycles. The van der Waals surface area contributed by atoms with Crippen molar-refractivity contribution in [1.82, 2.24) is 9.88 Å². The number of amides is 3. The van der Waals surface area contributed by atoms with Crippen LogP contribution in [0.25, 0.3) is 0 Å². The summed E-state index contributed by atoms with van der Waals surface area (Å²) in [4.78, 5) is 38.8. The molecular formula is C11H12N4O3. The fraction of sp³-hybridized carbons (Fsp3) is 0.273. The Morgan fingerprint density at radius 3 is 2.67 bits per heavy atom. The summed E-state index contributed by atoms with van der Waals surface area (Å²) in [5.41, 5.74) is 5.36. The normalized spacial score (nSPS) is 19.2. The monoisotopic (exact) mass is 248 g/mol. The maximum atomic E-state index is 11.6. The lowest BCUT2D eigenvalue weighted by Crippen LogP contribution is -2.32. The molecule has 1 aliphatic rings. The Balaban J connectivity index is 2.08. The first-order chi connectivity index (χ1) is 8.49. The molecule has 1 aliphatic heterocycles. The SMILES string of the molecule is CN1C(=O)CC(Nc2ccc(C(N)=O)cn2)C1=O. The Morgan fingerprint density at radius 1 is 1.50 bits per heavy atom. The second kappa shape index (κ2) is 4.44. The van der Waals surface area contributed by atoms with E-state index in [2.05, 4.69) is 10.3 Å². The van der Waals surface area contributed by atoms with Crippen molar-refractivity contribution in [3.63, 3.8) is 0 Å². The van der Waals surface area contributed by atoms with E-state index in [1.54, 1.807) is 0 Å². The molecule has 0 radical (unpaired) electrons. The van der Waals surface area contributed by atoms with Crippen molar-refractivity contribution >= 4 is 23.5 Å². The second-order valence-electron chi connectivity index (χ2n) is 3.99. The highest BCUT2D eigenvalue weighted by Crippen LogP contribution is 2.15. The maximum absolute atomic E-state index is 11.6. The highest BCUT2D eigenvalue weighted by molar-refractivity contribution is 6.06. The number of anilines is 1. The Kier molecular flexibility index (Phi) is 2.97. The van der Waals surface area contributed by atoms with Crippen LogP contribution in [0.15, 0.2) is 18.3 Å². The van der Waals surface area contributed by atoms with Gasteiger partial charge in [0.05, 0.1) is 12.0 Å². The van der Waals surface area contributed by atoms with Crippen LogP contribution in [0.2, 0.25) is 0 Å². The minimum absolute atomic E-state index is 0.106. The number of nitrogens with one attached hydrogen (secondary N) is 1. The van der Waals surface area contributed by atoms with Crippen LogP contribution in [0, 0.1) is 0 Å². The smallest absolute Gasteiger partial charge is 0.251 e. The average Bonchev–Trinajstić information content (AvgIpc) is 2.58. The second-order valence-corrected chi connectivity index (χ2v) is 3.99. The van der Waals surface area contributed by atoms with E-state index < -0.39 is 11.9 Å². The third-order valence-electron chi connectivity index (χ3n) is 2.75. The van der Waals surface area contributed by atoms with Crippen molar-refractivity contribution < 1.29 is 14.4 Å². The molecule has 0 aliphatic carbocycles. The summed E-state index contributed by atoms with van der Waals surface area (Å²) < 4.78 is 0. The zero-order chi connectivity index (χ0) is 13.3. The molecule has 94 valence electrons. The van der Waals surface area contributed by atoms with E-state index in [0.29, 0.717) is 5.82 Å². The number of likely N-dealkylation sites (N-methyl/N-ethyl adjacent to an activating group) is 1. The molecule has 1 aromatic rings. The number of pyridine rings is 1. The number of hydrogen-bond acceptors (Lipinski definition) is 5. The molecule has 0 saturated carbocycles. The highest BCUT2D eigenvalue weighted by atomic mass is 16.2. The molecule has 2 heterocycles. The predicted molar refractivity (Wildman–Crippen MR) is 62.6 cm³/mol. The fourth-order valence-corrected chi connectivity index (χ4v) is 1.67.